The molecule has 0 spiro atoms. The van der Waals surface area contributed by atoms with Gasteiger partial charge in [-0.1, -0.05) is 0 Å². The van der Waals surface area contributed by atoms with Crippen molar-refractivity contribution < 1.29 is 14.3 Å². The maximum Gasteiger partial charge on any atom is 0.306 e. The summed E-state index contributed by atoms with van der Waals surface area (Å²) in [5.41, 5.74) is 0.665. The first-order valence-electron chi connectivity index (χ1n) is 3.95. The molecule has 1 amide bonds. The number of hydrogen-bond acceptors (Lipinski definition) is 4. The molecule has 1 aliphatic rings. The lowest BCUT2D eigenvalue weighted by atomic mass is 10.0. The Kier molecular flexibility index (Phi) is 2.65. The van der Waals surface area contributed by atoms with Crippen LogP contribution in [-0.2, 0) is 14.3 Å². The van der Waals surface area contributed by atoms with Gasteiger partial charge >= 0.3 is 5.97 Å². The van der Waals surface area contributed by atoms with E-state index in [4.69, 9.17) is 0 Å². The molecule has 1 rings (SSSR count). The molecule has 0 saturated heterocycles. The summed E-state index contributed by atoms with van der Waals surface area (Å²) in [7, 11) is 2.88. The van der Waals surface area contributed by atoms with E-state index in [1.807, 2.05) is 0 Å². The monoisotopic (exact) mass is 184 g/mol. The normalized spacial score (nSPS) is 21.8. The Morgan fingerprint density at radius 3 is 2.69 bits per heavy atom. The summed E-state index contributed by atoms with van der Waals surface area (Å²) in [5, 5.41) is 5.18. The minimum absolute atomic E-state index is 0.0784. The molecule has 0 bridgehead atoms. The van der Waals surface area contributed by atoms with Gasteiger partial charge in [0.05, 0.1) is 19.4 Å². The number of amides is 1. The van der Waals surface area contributed by atoms with Crippen LogP contribution in [0.1, 0.15) is 13.3 Å². The van der Waals surface area contributed by atoms with Gasteiger partial charge in [-0.3, -0.25) is 9.59 Å². The Hall–Kier alpha value is -1.39. The van der Waals surface area contributed by atoms with Crippen LogP contribution in [0.2, 0.25) is 0 Å². The Balaban J connectivity index is 2.66. The lowest BCUT2D eigenvalue weighted by molar-refractivity contribution is -0.144. The fraction of sp³-hybridized carbons (Fsp3) is 0.625. The molecule has 1 atom stereocenters. The van der Waals surface area contributed by atoms with Gasteiger partial charge in [0.2, 0.25) is 0 Å². The van der Waals surface area contributed by atoms with Crippen LogP contribution in [0.3, 0.4) is 0 Å². The summed E-state index contributed by atoms with van der Waals surface area (Å²) in [6, 6.07) is 0. The molecule has 5 heteroatoms. The van der Waals surface area contributed by atoms with Crippen molar-refractivity contribution in [2.45, 2.75) is 13.3 Å². The highest BCUT2D eigenvalue weighted by atomic mass is 16.5. The van der Waals surface area contributed by atoms with Crippen molar-refractivity contribution in [2.24, 2.45) is 11.0 Å². The van der Waals surface area contributed by atoms with Crippen LogP contribution >= 0.6 is 0 Å². The molecule has 5 nitrogen and oxygen atoms in total. The molecular formula is C8H12N2O3. The van der Waals surface area contributed by atoms with Crippen molar-refractivity contribution in [1.82, 2.24) is 5.01 Å². The number of rotatable bonds is 2. The number of hydrogen-bond donors (Lipinski definition) is 0. The van der Waals surface area contributed by atoms with E-state index in [1.165, 1.54) is 12.1 Å². The minimum atomic E-state index is -0.433. The second kappa shape index (κ2) is 3.55. The van der Waals surface area contributed by atoms with Gasteiger partial charge in [-0.25, -0.2) is 5.01 Å². The van der Waals surface area contributed by atoms with Gasteiger partial charge in [0.25, 0.3) is 5.91 Å². The van der Waals surface area contributed by atoms with Gasteiger partial charge < -0.3 is 4.74 Å². The molecule has 0 aromatic rings. The summed E-state index contributed by atoms with van der Waals surface area (Å²) in [5.74, 6) is -0.969. The standard InChI is InChI=1S/C8H12N2O3/c1-5-6(4-7(11)13-3)8(12)10(2)9-5/h6H,4H2,1-3H3. The first-order valence-corrected chi connectivity index (χ1v) is 3.95. The number of hydrazone groups is 1. The Bertz CT molecular complexity index is 273. The average molecular weight is 184 g/mol. The van der Waals surface area contributed by atoms with Crippen molar-refractivity contribution in [2.75, 3.05) is 14.2 Å². The fourth-order valence-corrected chi connectivity index (χ4v) is 1.24. The maximum absolute atomic E-state index is 11.4. The molecule has 1 heterocycles. The second-order valence-electron chi connectivity index (χ2n) is 2.94. The van der Waals surface area contributed by atoms with Crippen LogP contribution in [0.4, 0.5) is 0 Å². The predicted octanol–water partition coefficient (Wildman–Crippen LogP) is 0.0136. The average Bonchev–Trinajstić information content (AvgIpc) is 2.32. The second-order valence-corrected chi connectivity index (χ2v) is 2.94. The van der Waals surface area contributed by atoms with Crippen molar-refractivity contribution in [3.63, 3.8) is 0 Å². The van der Waals surface area contributed by atoms with E-state index in [1.54, 1.807) is 14.0 Å². The molecule has 1 aliphatic heterocycles. The summed E-state index contributed by atoms with van der Waals surface area (Å²) in [4.78, 5) is 22.3. The van der Waals surface area contributed by atoms with Crippen LogP contribution in [0, 0.1) is 5.92 Å². The Labute approximate surface area is 76.3 Å². The summed E-state index contributed by atoms with van der Waals surface area (Å²) in [6.07, 6.45) is 0.0784. The molecule has 13 heavy (non-hydrogen) atoms. The highest BCUT2D eigenvalue weighted by Gasteiger charge is 2.33. The lowest BCUT2D eigenvalue weighted by Crippen LogP contribution is -2.26. The molecule has 0 aliphatic carbocycles. The maximum atomic E-state index is 11.4. The van der Waals surface area contributed by atoms with E-state index in [2.05, 4.69) is 9.84 Å². The third kappa shape index (κ3) is 1.85. The Morgan fingerprint density at radius 1 is 1.69 bits per heavy atom. The molecular weight excluding hydrogens is 172 g/mol. The molecule has 0 aromatic carbocycles. The van der Waals surface area contributed by atoms with E-state index >= 15 is 0 Å². The first-order chi connectivity index (χ1) is 6.06. The fourth-order valence-electron chi connectivity index (χ4n) is 1.24. The number of esters is 1. The topological polar surface area (TPSA) is 59.0 Å². The number of ether oxygens (including phenoxy) is 1. The summed E-state index contributed by atoms with van der Waals surface area (Å²) < 4.78 is 4.48. The van der Waals surface area contributed by atoms with Gasteiger partial charge in [0, 0.05) is 12.8 Å². The van der Waals surface area contributed by atoms with Crippen molar-refractivity contribution in [3.8, 4) is 0 Å². The van der Waals surface area contributed by atoms with Crippen LogP contribution in [0.5, 0.6) is 0 Å². The highest BCUT2D eigenvalue weighted by Crippen LogP contribution is 2.17. The number of carbonyl (C=O) groups is 2. The van der Waals surface area contributed by atoms with Crippen LogP contribution in [0.25, 0.3) is 0 Å². The first kappa shape index (κ1) is 9.70. The van der Waals surface area contributed by atoms with Gasteiger partial charge in [-0.05, 0) is 6.92 Å². The number of carbonyl (C=O) groups excluding carboxylic acids is 2. The van der Waals surface area contributed by atoms with Crippen LogP contribution in [0.15, 0.2) is 5.10 Å². The van der Waals surface area contributed by atoms with Crippen LogP contribution < -0.4 is 0 Å². The van der Waals surface area contributed by atoms with Gasteiger partial charge in [0.1, 0.15) is 0 Å². The van der Waals surface area contributed by atoms with Crippen molar-refractivity contribution in [1.29, 1.82) is 0 Å². The molecule has 0 fully saturated rings. The van der Waals surface area contributed by atoms with E-state index < -0.39 is 5.92 Å². The zero-order valence-electron chi connectivity index (χ0n) is 7.90. The SMILES string of the molecule is COC(=O)CC1C(=O)N(C)N=C1C. The Morgan fingerprint density at radius 2 is 2.31 bits per heavy atom. The third-order valence-electron chi connectivity index (χ3n) is 2.03. The predicted molar refractivity (Wildman–Crippen MR) is 46.0 cm³/mol. The van der Waals surface area contributed by atoms with Crippen molar-refractivity contribution >= 4 is 17.6 Å². The quantitative estimate of drug-likeness (QED) is 0.568. The molecule has 0 saturated carbocycles. The molecule has 0 radical (unpaired) electrons. The highest BCUT2D eigenvalue weighted by molar-refractivity contribution is 6.08. The smallest absolute Gasteiger partial charge is 0.306 e. The number of methoxy groups -OCH3 is 1. The van der Waals surface area contributed by atoms with Crippen LogP contribution in [-0.4, -0.2) is 36.8 Å². The number of nitrogens with zero attached hydrogens (tertiary/aromatic N) is 2. The summed E-state index contributed by atoms with van der Waals surface area (Å²) >= 11 is 0. The van der Waals surface area contributed by atoms with Gasteiger partial charge in [-0.15, -0.1) is 0 Å². The molecule has 1 unspecified atom stereocenters. The van der Waals surface area contributed by atoms with E-state index in [-0.39, 0.29) is 18.3 Å². The van der Waals surface area contributed by atoms with Gasteiger partial charge in [0.15, 0.2) is 0 Å². The zero-order valence-corrected chi connectivity index (χ0v) is 7.90. The van der Waals surface area contributed by atoms with E-state index in [9.17, 15) is 9.59 Å². The summed E-state index contributed by atoms with van der Waals surface area (Å²) in [6.45, 7) is 1.73. The van der Waals surface area contributed by atoms with Crippen molar-refractivity contribution in [3.05, 3.63) is 0 Å². The van der Waals surface area contributed by atoms with Gasteiger partial charge in [-0.2, -0.15) is 5.10 Å². The zero-order chi connectivity index (χ0) is 10.0. The van der Waals surface area contributed by atoms with E-state index in [0.29, 0.717) is 5.71 Å². The molecule has 0 N–H and O–H groups in total. The van der Waals surface area contributed by atoms with E-state index in [0.717, 1.165) is 0 Å². The molecule has 72 valence electrons. The largest absolute Gasteiger partial charge is 0.469 e. The molecule has 0 aromatic heterocycles. The lowest BCUT2D eigenvalue weighted by Gasteiger charge is -2.07. The third-order valence-corrected chi connectivity index (χ3v) is 2.03. The minimum Gasteiger partial charge on any atom is -0.469 e.